The maximum atomic E-state index is 12.7. The van der Waals surface area contributed by atoms with E-state index in [4.69, 9.17) is 4.74 Å². The summed E-state index contributed by atoms with van der Waals surface area (Å²) < 4.78 is 7.54. The first-order chi connectivity index (χ1) is 10.6. The lowest BCUT2D eigenvalue weighted by atomic mass is 10.2. The van der Waals surface area contributed by atoms with Gasteiger partial charge >= 0.3 is 0 Å². The highest BCUT2D eigenvalue weighted by atomic mass is 16.5. The highest BCUT2D eigenvalue weighted by molar-refractivity contribution is 5.79. The summed E-state index contributed by atoms with van der Waals surface area (Å²) in [4.78, 5) is 17.4. The van der Waals surface area contributed by atoms with Crippen LogP contribution < -0.4 is 10.3 Å². The summed E-state index contributed by atoms with van der Waals surface area (Å²) in [5, 5.41) is 0.653. The van der Waals surface area contributed by atoms with E-state index in [-0.39, 0.29) is 5.56 Å². The number of allylic oxidation sites excluding steroid dienone is 1. The molecule has 2 heterocycles. The molecular weight excluding hydrogens is 276 g/mol. The van der Waals surface area contributed by atoms with Crippen LogP contribution in [0.25, 0.3) is 10.9 Å². The second-order valence-corrected chi connectivity index (χ2v) is 6.07. The van der Waals surface area contributed by atoms with Gasteiger partial charge in [-0.25, -0.2) is 4.98 Å². The zero-order valence-electron chi connectivity index (χ0n) is 13.3. The number of hydrogen-bond acceptors (Lipinski definition) is 3. The van der Waals surface area contributed by atoms with Crippen LogP contribution in [0.4, 0.5) is 0 Å². The zero-order valence-corrected chi connectivity index (χ0v) is 13.3. The van der Waals surface area contributed by atoms with Crippen molar-refractivity contribution in [2.45, 2.75) is 46.1 Å². The van der Waals surface area contributed by atoms with Crippen LogP contribution in [-0.4, -0.2) is 16.2 Å². The maximum absolute atomic E-state index is 12.7. The highest BCUT2D eigenvalue weighted by Gasteiger charge is 2.14. The summed E-state index contributed by atoms with van der Waals surface area (Å²) in [6.07, 6.45) is 6.24. The number of ether oxygens (including phenoxy) is 1. The molecule has 0 radical (unpaired) electrons. The van der Waals surface area contributed by atoms with Gasteiger partial charge in [-0.1, -0.05) is 12.0 Å². The molecular formula is C18H22N2O2. The van der Waals surface area contributed by atoms with Crippen molar-refractivity contribution in [3.63, 3.8) is 0 Å². The van der Waals surface area contributed by atoms with Crippen LogP contribution in [-0.2, 0) is 13.0 Å². The Labute approximate surface area is 130 Å². The molecule has 1 aromatic heterocycles. The average molecular weight is 298 g/mol. The van der Waals surface area contributed by atoms with Gasteiger partial charge in [-0.05, 0) is 51.0 Å². The van der Waals surface area contributed by atoms with Gasteiger partial charge in [0, 0.05) is 13.0 Å². The normalized spacial score (nSPS) is 14.3. The van der Waals surface area contributed by atoms with Crippen molar-refractivity contribution in [1.82, 2.24) is 9.55 Å². The van der Waals surface area contributed by atoms with Crippen LogP contribution in [0.3, 0.4) is 0 Å². The molecule has 0 N–H and O–H groups in total. The van der Waals surface area contributed by atoms with Gasteiger partial charge in [-0.2, -0.15) is 0 Å². The summed E-state index contributed by atoms with van der Waals surface area (Å²) in [7, 11) is 0. The lowest BCUT2D eigenvalue weighted by molar-refractivity contribution is 0.362. The first kappa shape index (κ1) is 14.8. The van der Waals surface area contributed by atoms with Gasteiger partial charge < -0.3 is 4.74 Å². The summed E-state index contributed by atoms with van der Waals surface area (Å²) in [5.74, 6) is 1.64. The standard InChI is InChI=1S/C18H22N2O2/c1-13(2)9-11-22-14-7-8-16-15(12-14)18(21)20-10-5-3-4-6-17(20)19-16/h7-9,12H,3-6,10-11H2,1-2H3. The number of hydrogen-bond donors (Lipinski definition) is 0. The van der Waals surface area contributed by atoms with Crippen molar-refractivity contribution in [3.05, 3.63) is 46.0 Å². The van der Waals surface area contributed by atoms with E-state index in [1.807, 2.05) is 42.7 Å². The molecule has 1 aliphatic heterocycles. The Morgan fingerprint density at radius 1 is 1.32 bits per heavy atom. The molecule has 3 rings (SSSR count). The van der Waals surface area contributed by atoms with Crippen molar-refractivity contribution in [2.75, 3.05) is 6.61 Å². The Balaban J connectivity index is 1.99. The SMILES string of the molecule is CC(C)=CCOc1ccc2nc3n(c(=O)c2c1)CCCCC3. The molecule has 0 amide bonds. The van der Waals surface area contributed by atoms with Crippen molar-refractivity contribution < 1.29 is 4.74 Å². The molecule has 0 bridgehead atoms. The third-order valence-corrected chi connectivity index (χ3v) is 4.03. The van der Waals surface area contributed by atoms with E-state index >= 15 is 0 Å². The highest BCUT2D eigenvalue weighted by Crippen LogP contribution is 2.19. The monoisotopic (exact) mass is 298 g/mol. The van der Waals surface area contributed by atoms with Gasteiger partial charge in [0.05, 0.1) is 10.9 Å². The van der Waals surface area contributed by atoms with E-state index < -0.39 is 0 Å². The van der Waals surface area contributed by atoms with E-state index in [1.54, 1.807) is 0 Å². The molecule has 0 fully saturated rings. The molecule has 22 heavy (non-hydrogen) atoms. The molecule has 0 spiro atoms. The summed E-state index contributed by atoms with van der Waals surface area (Å²) in [6.45, 7) is 5.37. The maximum Gasteiger partial charge on any atom is 0.261 e. The first-order valence-corrected chi connectivity index (χ1v) is 7.95. The van der Waals surface area contributed by atoms with Crippen molar-refractivity contribution >= 4 is 10.9 Å². The van der Waals surface area contributed by atoms with Gasteiger partial charge in [0.2, 0.25) is 0 Å². The Morgan fingerprint density at radius 3 is 3.00 bits per heavy atom. The van der Waals surface area contributed by atoms with Gasteiger partial charge in [-0.15, -0.1) is 0 Å². The second kappa shape index (κ2) is 6.34. The fourth-order valence-corrected chi connectivity index (χ4v) is 2.79. The molecule has 2 aromatic rings. The Bertz CT molecular complexity index is 770. The quantitative estimate of drug-likeness (QED) is 0.815. The van der Waals surface area contributed by atoms with E-state index in [1.165, 1.54) is 5.57 Å². The van der Waals surface area contributed by atoms with Crippen LogP contribution in [0.1, 0.15) is 38.9 Å². The summed E-state index contributed by atoms with van der Waals surface area (Å²) in [5.41, 5.74) is 2.05. The lowest BCUT2D eigenvalue weighted by Gasteiger charge is -2.11. The van der Waals surface area contributed by atoms with Crippen LogP contribution in [0.15, 0.2) is 34.6 Å². The summed E-state index contributed by atoms with van der Waals surface area (Å²) >= 11 is 0. The number of fused-ring (bicyclic) bond motifs is 2. The van der Waals surface area contributed by atoms with E-state index in [9.17, 15) is 4.79 Å². The largest absolute Gasteiger partial charge is 0.490 e. The fraction of sp³-hybridized carbons (Fsp3) is 0.444. The third kappa shape index (κ3) is 3.06. The molecule has 0 aliphatic carbocycles. The van der Waals surface area contributed by atoms with Crippen molar-refractivity contribution in [3.8, 4) is 5.75 Å². The molecule has 0 saturated heterocycles. The molecule has 116 valence electrons. The second-order valence-electron chi connectivity index (χ2n) is 6.07. The predicted molar refractivity (Wildman–Crippen MR) is 88.5 cm³/mol. The third-order valence-electron chi connectivity index (χ3n) is 4.03. The van der Waals surface area contributed by atoms with Crippen LogP contribution in [0.2, 0.25) is 0 Å². The van der Waals surface area contributed by atoms with Crippen LogP contribution >= 0.6 is 0 Å². The fourth-order valence-electron chi connectivity index (χ4n) is 2.79. The predicted octanol–water partition coefficient (Wildman–Crippen LogP) is 3.47. The molecule has 0 atom stereocenters. The van der Waals surface area contributed by atoms with Gasteiger partial charge in [0.15, 0.2) is 0 Å². The van der Waals surface area contributed by atoms with Crippen LogP contribution in [0, 0.1) is 0 Å². The number of benzene rings is 1. The number of aryl methyl sites for hydroxylation is 1. The molecule has 4 nitrogen and oxygen atoms in total. The Hall–Kier alpha value is -2.10. The molecule has 4 heteroatoms. The number of nitrogens with zero attached hydrogens (tertiary/aromatic N) is 2. The zero-order chi connectivity index (χ0) is 15.5. The minimum absolute atomic E-state index is 0.0644. The number of rotatable bonds is 3. The smallest absolute Gasteiger partial charge is 0.261 e. The van der Waals surface area contributed by atoms with Crippen molar-refractivity contribution in [1.29, 1.82) is 0 Å². The molecule has 0 saturated carbocycles. The lowest BCUT2D eigenvalue weighted by Crippen LogP contribution is -2.24. The summed E-state index contributed by atoms with van der Waals surface area (Å²) in [6, 6.07) is 5.60. The Kier molecular flexibility index (Phi) is 4.27. The van der Waals surface area contributed by atoms with E-state index in [0.29, 0.717) is 12.0 Å². The molecule has 1 aromatic carbocycles. The minimum atomic E-state index is 0.0644. The average Bonchev–Trinajstić information content (AvgIpc) is 2.73. The van der Waals surface area contributed by atoms with Crippen molar-refractivity contribution in [2.24, 2.45) is 0 Å². The van der Waals surface area contributed by atoms with E-state index in [0.717, 1.165) is 49.3 Å². The van der Waals surface area contributed by atoms with Gasteiger partial charge in [0.25, 0.3) is 5.56 Å². The molecule has 1 aliphatic rings. The molecule has 0 unspecified atom stereocenters. The Morgan fingerprint density at radius 2 is 2.18 bits per heavy atom. The number of aromatic nitrogens is 2. The topological polar surface area (TPSA) is 44.1 Å². The van der Waals surface area contributed by atoms with Gasteiger partial charge in [-0.3, -0.25) is 9.36 Å². The minimum Gasteiger partial charge on any atom is -0.490 e. The first-order valence-electron chi connectivity index (χ1n) is 7.95. The van der Waals surface area contributed by atoms with Crippen LogP contribution in [0.5, 0.6) is 5.75 Å². The van der Waals surface area contributed by atoms with E-state index in [2.05, 4.69) is 4.98 Å². The van der Waals surface area contributed by atoms with Gasteiger partial charge in [0.1, 0.15) is 18.2 Å².